The normalized spacial score (nSPS) is 20.1. The number of benzene rings is 1. The van der Waals surface area contributed by atoms with Crippen molar-refractivity contribution < 1.29 is 9.53 Å². The van der Waals surface area contributed by atoms with Crippen molar-refractivity contribution in [2.45, 2.75) is 25.9 Å². The molecule has 2 nitrogen and oxygen atoms in total. The number of hydrogen-bond donors (Lipinski definition) is 0. The summed E-state index contributed by atoms with van der Waals surface area (Å²) in [4.78, 5) is 11.2. The van der Waals surface area contributed by atoms with Crippen LogP contribution >= 0.6 is 0 Å². The van der Waals surface area contributed by atoms with Gasteiger partial charge in [0.1, 0.15) is 6.10 Å². The molecular formula is C13H14O2. The number of rotatable bonds is 2. The van der Waals surface area contributed by atoms with Crippen LogP contribution in [-0.2, 0) is 16.0 Å². The third kappa shape index (κ3) is 2.27. The molecule has 0 amide bonds. The van der Waals surface area contributed by atoms with Crippen LogP contribution in [0, 0.1) is 0 Å². The van der Waals surface area contributed by atoms with Crippen LogP contribution in [0.4, 0.5) is 0 Å². The van der Waals surface area contributed by atoms with Crippen molar-refractivity contribution in [2.75, 3.05) is 0 Å². The van der Waals surface area contributed by atoms with Crippen molar-refractivity contribution in [3.8, 4) is 0 Å². The molecule has 0 N–H and O–H groups in total. The maximum Gasteiger partial charge on any atom is 0.162 e. The van der Waals surface area contributed by atoms with E-state index in [9.17, 15) is 4.79 Å². The summed E-state index contributed by atoms with van der Waals surface area (Å²) in [6.45, 7) is 2.12. The van der Waals surface area contributed by atoms with Crippen LogP contribution in [0.15, 0.2) is 36.6 Å². The number of hydrogen-bond acceptors (Lipinski definition) is 2. The minimum atomic E-state index is -0.103. The summed E-state index contributed by atoms with van der Waals surface area (Å²) in [5.41, 5.74) is 2.38. The van der Waals surface area contributed by atoms with Crippen LogP contribution in [0.25, 0.3) is 0 Å². The Balaban J connectivity index is 2.15. The first-order valence-corrected chi connectivity index (χ1v) is 5.23. The van der Waals surface area contributed by atoms with E-state index in [0.29, 0.717) is 6.42 Å². The fourth-order valence-corrected chi connectivity index (χ4v) is 1.67. The van der Waals surface area contributed by atoms with Crippen LogP contribution in [0.1, 0.15) is 30.6 Å². The number of carbonyl (C=O) groups is 1. The lowest BCUT2D eigenvalue weighted by Crippen LogP contribution is -2.11. The Bertz CT molecular complexity index is 376. The SMILES string of the molecule is CCc1ccc(C2CC(=O)C=CO2)cc1. The van der Waals surface area contributed by atoms with E-state index in [1.807, 2.05) is 12.1 Å². The highest BCUT2D eigenvalue weighted by Crippen LogP contribution is 2.25. The summed E-state index contributed by atoms with van der Waals surface area (Å²) in [6.07, 6.45) is 4.35. The predicted octanol–water partition coefficient (Wildman–Crippen LogP) is 2.79. The Morgan fingerprint density at radius 2 is 2.07 bits per heavy atom. The Labute approximate surface area is 89.6 Å². The minimum Gasteiger partial charge on any atom is -0.493 e. The van der Waals surface area contributed by atoms with Crippen LogP contribution in [0.5, 0.6) is 0 Å². The average molecular weight is 202 g/mol. The summed E-state index contributed by atoms with van der Waals surface area (Å²) in [5, 5.41) is 0. The molecule has 0 spiro atoms. The highest BCUT2D eigenvalue weighted by atomic mass is 16.5. The molecule has 15 heavy (non-hydrogen) atoms. The molecular weight excluding hydrogens is 188 g/mol. The van der Waals surface area contributed by atoms with Crippen LogP contribution in [-0.4, -0.2) is 5.78 Å². The number of allylic oxidation sites excluding steroid dienone is 1. The fourth-order valence-electron chi connectivity index (χ4n) is 1.67. The molecule has 1 aromatic carbocycles. The Hall–Kier alpha value is -1.57. The lowest BCUT2D eigenvalue weighted by atomic mass is 10.0. The molecule has 0 saturated carbocycles. The van der Waals surface area contributed by atoms with E-state index in [-0.39, 0.29) is 11.9 Å². The fraction of sp³-hybridized carbons (Fsp3) is 0.308. The first-order chi connectivity index (χ1) is 7.29. The Kier molecular flexibility index (Phi) is 2.86. The summed E-state index contributed by atoms with van der Waals surface area (Å²) in [5.74, 6) is 0.130. The zero-order valence-corrected chi connectivity index (χ0v) is 8.77. The smallest absolute Gasteiger partial charge is 0.162 e. The van der Waals surface area contributed by atoms with E-state index in [2.05, 4.69) is 19.1 Å². The first-order valence-electron chi connectivity index (χ1n) is 5.23. The molecule has 1 aliphatic rings. The summed E-state index contributed by atoms with van der Waals surface area (Å²) in [7, 11) is 0. The molecule has 1 heterocycles. The van der Waals surface area contributed by atoms with Gasteiger partial charge >= 0.3 is 0 Å². The second kappa shape index (κ2) is 4.30. The van der Waals surface area contributed by atoms with E-state index in [1.165, 1.54) is 17.9 Å². The number of aryl methyl sites for hydroxylation is 1. The van der Waals surface area contributed by atoms with E-state index in [4.69, 9.17) is 4.74 Å². The van der Waals surface area contributed by atoms with Gasteiger partial charge in [-0.15, -0.1) is 0 Å². The van der Waals surface area contributed by atoms with E-state index >= 15 is 0 Å². The zero-order chi connectivity index (χ0) is 10.7. The van der Waals surface area contributed by atoms with Gasteiger partial charge in [-0.3, -0.25) is 4.79 Å². The van der Waals surface area contributed by atoms with Gasteiger partial charge in [0.15, 0.2) is 5.78 Å². The van der Waals surface area contributed by atoms with Crippen LogP contribution < -0.4 is 0 Å². The van der Waals surface area contributed by atoms with Crippen LogP contribution in [0.2, 0.25) is 0 Å². The third-order valence-corrected chi connectivity index (χ3v) is 2.64. The standard InChI is InChI=1S/C13H14O2/c1-2-10-3-5-11(6-4-10)13-9-12(14)7-8-15-13/h3-8,13H,2,9H2,1H3. The van der Waals surface area contributed by atoms with Gasteiger partial charge in [-0.25, -0.2) is 0 Å². The minimum absolute atomic E-state index is 0.103. The first kappa shape index (κ1) is 9.97. The van der Waals surface area contributed by atoms with Gasteiger partial charge in [0.2, 0.25) is 0 Å². The molecule has 1 atom stereocenters. The van der Waals surface area contributed by atoms with Gasteiger partial charge in [0, 0.05) is 6.08 Å². The second-order valence-corrected chi connectivity index (χ2v) is 3.69. The topological polar surface area (TPSA) is 26.3 Å². The largest absolute Gasteiger partial charge is 0.493 e. The molecule has 0 radical (unpaired) electrons. The monoisotopic (exact) mass is 202 g/mol. The van der Waals surface area contributed by atoms with Crippen molar-refractivity contribution in [3.05, 3.63) is 47.7 Å². The Morgan fingerprint density at radius 1 is 1.33 bits per heavy atom. The van der Waals surface area contributed by atoms with Gasteiger partial charge in [0.05, 0.1) is 12.7 Å². The van der Waals surface area contributed by atoms with E-state index < -0.39 is 0 Å². The Morgan fingerprint density at radius 3 is 2.67 bits per heavy atom. The maximum atomic E-state index is 11.2. The van der Waals surface area contributed by atoms with E-state index in [1.54, 1.807) is 0 Å². The summed E-state index contributed by atoms with van der Waals surface area (Å²) in [6, 6.07) is 8.24. The number of ether oxygens (including phenoxy) is 1. The lowest BCUT2D eigenvalue weighted by Gasteiger charge is -2.19. The summed E-state index contributed by atoms with van der Waals surface area (Å²) < 4.78 is 5.41. The van der Waals surface area contributed by atoms with Crippen molar-refractivity contribution in [2.24, 2.45) is 0 Å². The molecule has 0 aliphatic carbocycles. The quantitative estimate of drug-likeness (QED) is 0.737. The van der Waals surface area contributed by atoms with E-state index in [0.717, 1.165) is 12.0 Å². The zero-order valence-electron chi connectivity index (χ0n) is 8.77. The average Bonchev–Trinajstić information content (AvgIpc) is 2.29. The second-order valence-electron chi connectivity index (χ2n) is 3.69. The molecule has 2 rings (SSSR count). The highest BCUT2D eigenvalue weighted by Gasteiger charge is 2.18. The number of carbonyl (C=O) groups excluding carboxylic acids is 1. The molecule has 0 fully saturated rings. The molecule has 78 valence electrons. The molecule has 2 heteroatoms. The lowest BCUT2D eigenvalue weighted by molar-refractivity contribution is -0.118. The molecule has 0 aromatic heterocycles. The van der Waals surface area contributed by atoms with Crippen molar-refractivity contribution in [1.82, 2.24) is 0 Å². The maximum absolute atomic E-state index is 11.2. The highest BCUT2D eigenvalue weighted by molar-refractivity contribution is 5.90. The summed E-state index contributed by atoms with van der Waals surface area (Å²) >= 11 is 0. The molecule has 1 aliphatic heterocycles. The third-order valence-electron chi connectivity index (χ3n) is 2.64. The molecule has 0 saturated heterocycles. The van der Waals surface area contributed by atoms with Gasteiger partial charge in [-0.05, 0) is 17.5 Å². The van der Waals surface area contributed by atoms with Crippen molar-refractivity contribution in [1.29, 1.82) is 0 Å². The molecule has 0 bridgehead atoms. The van der Waals surface area contributed by atoms with Crippen molar-refractivity contribution in [3.63, 3.8) is 0 Å². The number of ketones is 1. The molecule has 1 aromatic rings. The van der Waals surface area contributed by atoms with Gasteiger partial charge < -0.3 is 4.74 Å². The van der Waals surface area contributed by atoms with Gasteiger partial charge in [0.25, 0.3) is 0 Å². The van der Waals surface area contributed by atoms with Gasteiger partial charge in [-0.2, -0.15) is 0 Å². The van der Waals surface area contributed by atoms with Crippen molar-refractivity contribution >= 4 is 5.78 Å². The predicted molar refractivity (Wildman–Crippen MR) is 58.4 cm³/mol. The van der Waals surface area contributed by atoms with Crippen LogP contribution in [0.3, 0.4) is 0 Å². The molecule has 1 unspecified atom stereocenters. The van der Waals surface area contributed by atoms with Gasteiger partial charge in [-0.1, -0.05) is 31.2 Å².